The lowest BCUT2D eigenvalue weighted by Crippen LogP contribution is -2.36. The number of halogens is 1. The number of pyridine rings is 1. The van der Waals surface area contributed by atoms with E-state index in [0.717, 1.165) is 24.1 Å². The minimum atomic E-state index is -0.492. The van der Waals surface area contributed by atoms with Crippen molar-refractivity contribution < 1.29 is 9.53 Å². The topological polar surface area (TPSA) is 42.4 Å². The molecule has 0 radical (unpaired) electrons. The summed E-state index contributed by atoms with van der Waals surface area (Å²) in [5.74, 6) is 0. The van der Waals surface area contributed by atoms with Crippen molar-refractivity contribution in [2.75, 3.05) is 7.05 Å². The third kappa shape index (κ3) is 3.18. The van der Waals surface area contributed by atoms with E-state index in [4.69, 9.17) is 16.3 Å². The van der Waals surface area contributed by atoms with E-state index in [1.54, 1.807) is 18.0 Å². The van der Waals surface area contributed by atoms with Gasteiger partial charge < -0.3 is 9.64 Å². The van der Waals surface area contributed by atoms with Gasteiger partial charge in [0.2, 0.25) is 0 Å². The Morgan fingerprint density at radius 2 is 2.16 bits per heavy atom. The van der Waals surface area contributed by atoms with Crippen LogP contribution in [0.4, 0.5) is 4.79 Å². The molecule has 1 aromatic rings. The number of hydrogen-bond donors (Lipinski definition) is 0. The molecule has 0 aromatic carbocycles. The average Bonchev–Trinajstić information content (AvgIpc) is 2.68. The van der Waals surface area contributed by atoms with E-state index < -0.39 is 5.60 Å². The molecule has 0 spiro atoms. The van der Waals surface area contributed by atoms with Crippen LogP contribution in [-0.2, 0) is 11.2 Å². The predicted molar refractivity (Wildman–Crippen MR) is 74.3 cm³/mol. The fourth-order valence-electron chi connectivity index (χ4n) is 2.25. The third-order valence-electron chi connectivity index (χ3n) is 3.13. The monoisotopic (exact) mass is 282 g/mol. The summed E-state index contributed by atoms with van der Waals surface area (Å²) >= 11 is 5.93. The van der Waals surface area contributed by atoms with Gasteiger partial charge in [-0.3, -0.25) is 0 Å². The summed E-state index contributed by atoms with van der Waals surface area (Å²) in [5, 5.41) is 0.461. The van der Waals surface area contributed by atoms with Gasteiger partial charge in [-0.1, -0.05) is 17.7 Å². The number of nitrogens with zero attached hydrogens (tertiary/aromatic N) is 2. The van der Waals surface area contributed by atoms with Gasteiger partial charge in [-0.2, -0.15) is 0 Å². The predicted octanol–water partition coefficient (Wildman–Crippen LogP) is 3.59. The first-order chi connectivity index (χ1) is 8.78. The second-order valence-electron chi connectivity index (χ2n) is 5.82. The molecule has 0 bridgehead atoms. The maximum Gasteiger partial charge on any atom is 0.410 e. The highest BCUT2D eigenvalue weighted by Gasteiger charge is 2.32. The Balaban J connectivity index is 2.17. The number of aromatic nitrogens is 1. The highest BCUT2D eigenvalue weighted by Crippen LogP contribution is 2.35. The number of hydrogen-bond acceptors (Lipinski definition) is 3. The number of carbonyl (C=O) groups excluding carboxylic acids is 1. The van der Waals surface area contributed by atoms with Gasteiger partial charge in [0.05, 0.1) is 11.7 Å². The van der Waals surface area contributed by atoms with Crippen LogP contribution in [0.1, 0.15) is 44.5 Å². The van der Waals surface area contributed by atoms with Gasteiger partial charge in [0.15, 0.2) is 0 Å². The van der Waals surface area contributed by atoms with Crippen molar-refractivity contribution in [3.05, 3.63) is 28.5 Å². The van der Waals surface area contributed by atoms with Crippen LogP contribution in [0, 0.1) is 0 Å². The van der Waals surface area contributed by atoms with Crippen LogP contribution < -0.4 is 0 Å². The molecule has 4 nitrogen and oxygen atoms in total. The molecule has 1 atom stereocenters. The van der Waals surface area contributed by atoms with Gasteiger partial charge in [0, 0.05) is 7.05 Å². The van der Waals surface area contributed by atoms with E-state index in [9.17, 15) is 4.79 Å². The first-order valence-corrected chi connectivity index (χ1v) is 6.77. The summed E-state index contributed by atoms with van der Waals surface area (Å²) in [6.45, 7) is 5.57. The molecule has 104 valence electrons. The molecule has 0 aliphatic heterocycles. The van der Waals surface area contributed by atoms with Crippen molar-refractivity contribution >= 4 is 17.7 Å². The van der Waals surface area contributed by atoms with Crippen molar-refractivity contribution in [3.63, 3.8) is 0 Å². The highest BCUT2D eigenvalue weighted by molar-refractivity contribution is 6.29. The summed E-state index contributed by atoms with van der Waals surface area (Å²) in [6.07, 6.45) is 1.45. The maximum atomic E-state index is 12.1. The van der Waals surface area contributed by atoms with Crippen LogP contribution in [-0.4, -0.2) is 28.6 Å². The summed E-state index contributed by atoms with van der Waals surface area (Å²) in [7, 11) is 1.75. The van der Waals surface area contributed by atoms with Gasteiger partial charge in [-0.05, 0) is 45.2 Å². The zero-order valence-electron chi connectivity index (χ0n) is 11.7. The largest absolute Gasteiger partial charge is 0.444 e. The second kappa shape index (κ2) is 5.00. The Bertz CT molecular complexity index is 497. The summed E-state index contributed by atoms with van der Waals surface area (Å²) in [5.41, 5.74) is 1.56. The Kier molecular flexibility index (Phi) is 3.72. The molecule has 0 saturated carbocycles. The normalized spacial score (nSPS) is 18.1. The molecule has 1 aliphatic carbocycles. The number of rotatable bonds is 1. The maximum absolute atomic E-state index is 12.1. The standard InChI is InChI=1S/C14H19ClN2O2/c1-14(2,3)19-13(18)17(4)10-7-5-9-6-8-11(15)16-12(9)10/h6,8,10H,5,7H2,1-4H3/t10-/m0/s1. The summed E-state index contributed by atoms with van der Waals surface area (Å²) in [4.78, 5) is 18.0. The lowest BCUT2D eigenvalue weighted by atomic mass is 10.2. The molecular weight excluding hydrogens is 264 g/mol. The first-order valence-electron chi connectivity index (χ1n) is 6.39. The molecular formula is C14H19ClN2O2. The van der Waals surface area contributed by atoms with E-state index in [-0.39, 0.29) is 12.1 Å². The van der Waals surface area contributed by atoms with Crippen molar-refractivity contribution in [1.29, 1.82) is 0 Å². The van der Waals surface area contributed by atoms with Crippen molar-refractivity contribution in [3.8, 4) is 0 Å². The zero-order valence-corrected chi connectivity index (χ0v) is 12.5. The minimum absolute atomic E-state index is 0.0523. The summed E-state index contributed by atoms with van der Waals surface area (Å²) < 4.78 is 5.38. The first kappa shape index (κ1) is 14.1. The van der Waals surface area contributed by atoms with E-state index >= 15 is 0 Å². The number of aryl methyl sites for hydroxylation is 1. The van der Waals surface area contributed by atoms with Crippen LogP contribution in [0.3, 0.4) is 0 Å². The molecule has 1 heterocycles. The third-order valence-corrected chi connectivity index (χ3v) is 3.34. The molecule has 2 rings (SSSR count). The van der Waals surface area contributed by atoms with Gasteiger partial charge in [-0.15, -0.1) is 0 Å². The van der Waals surface area contributed by atoms with Crippen LogP contribution >= 0.6 is 11.6 Å². The lowest BCUT2D eigenvalue weighted by molar-refractivity contribution is 0.0217. The van der Waals surface area contributed by atoms with Crippen molar-refractivity contribution in [2.45, 2.75) is 45.3 Å². The van der Waals surface area contributed by atoms with E-state index in [2.05, 4.69) is 4.98 Å². The molecule has 1 aliphatic rings. The minimum Gasteiger partial charge on any atom is -0.444 e. The van der Waals surface area contributed by atoms with Gasteiger partial charge in [-0.25, -0.2) is 9.78 Å². The quantitative estimate of drug-likeness (QED) is 0.739. The Hall–Kier alpha value is -1.29. The van der Waals surface area contributed by atoms with Gasteiger partial charge >= 0.3 is 6.09 Å². The molecule has 0 saturated heterocycles. The molecule has 0 N–H and O–H groups in total. The average molecular weight is 283 g/mol. The van der Waals surface area contributed by atoms with Crippen molar-refractivity contribution in [1.82, 2.24) is 9.88 Å². The van der Waals surface area contributed by atoms with Crippen LogP contribution in [0.2, 0.25) is 5.15 Å². The smallest absolute Gasteiger partial charge is 0.410 e. The number of amides is 1. The Labute approximate surface area is 118 Å². The SMILES string of the molecule is CN(C(=O)OC(C)(C)C)[C@H]1CCc2ccc(Cl)nc21. The van der Waals surface area contributed by atoms with Crippen molar-refractivity contribution in [2.24, 2.45) is 0 Å². The number of ether oxygens (including phenoxy) is 1. The molecule has 5 heteroatoms. The van der Waals surface area contributed by atoms with Crippen LogP contribution in [0.25, 0.3) is 0 Å². The van der Waals surface area contributed by atoms with Gasteiger partial charge in [0.25, 0.3) is 0 Å². The van der Waals surface area contributed by atoms with Crippen LogP contribution in [0.5, 0.6) is 0 Å². The molecule has 0 fully saturated rings. The fourth-order valence-corrected chi connectivity index (χ4v) is 2.40. The molecule has 1 aromatic heterocycles. The van der Waals surface area contributed by atoms with E-state index in [1.165, 1.54) is 0 Å². The second-order valence-corrected chi connectivity index (χ2v) is 6.21. The van der Waals surface area contributed by atoms with E-state index in [0.29, 0.717) is 5.15 Å². The number of fused-ring (bicyclic) bond motifs is 1. The molecule has 19 heavy (non-hydrogen) atoms. The van der Waals surface area contributed by atoms with Gasteiger partial charge in [0.1, 0.15) is 10.8 Å². The highest BCUT2D eigenvalue weighted by atomic mass is 35.5. The zero-order chi connectivity index (χ0) is 14.2. The molecule has 0 unspecified atom stereocenters. The number of carbonyl (C=O) groups is 1. The molecule has 1 amide bonds. The Morgan fingerprint density at radius 1 is 1.47 bits per heavy atom. The lowest BCUT2D eigenvalue weighted by Gasteiger charge is -2.28. The van der Waals surface area contributed by atoms with E-state index in [1.807, 2.05) is 26.8 Å². The Morgan fingerprint density at radius 3 is 2.79 bits per heavy atom. The summed E-state index contributed by atoms with van der Waals surface area (Å²) in [6, 6.07) is 3.72. The fraction of sp³-hybridized carbons (Fsp3) is 0.571. The van der Waals surface area contributed by atoms with Crippen LogP contribution in [0.15, 0.2) is 12.1 Å².